The number of unbranched alkanes of at least 4 members (excludes halogenated alkanes) is 37. The fraction of sp³-hybridized carbons (Fsp3) is 0.942. The topological polar surface area (TPSA) is 237 Å². The Morgan fingerprint density at radius 1 is 0.330 bits per heavy atom. The molecule has 0 spiro atoms. The van der Waals surface area contributed by atoms with E-state index in [1.807, 2.05) is 0 Å². The summed E-state index contributed by atoms with van der Waals surface area (Å²) in [6.45, 7) is 9.45. The lowest BCUT2D eigenvalue weighted by atomic mass is 9.99. The van der Waals surface area contributed by atoms with E-state index in [1.54, 1.807) is 0 Å². The molecule has 3 N–H and O–H groups in total. The van der Waals surface area contributed by atoms with E-state index in [-0.39, 0.29) is 25.7 Å². The van der Waals surface area contributed by atoms with Gasteiger partial charge < -0.3 is 33.8 Å². The summed E-state index contributed by atoms with van der Waals surface area (Å²) in [5.74, 6) is -0.657. The molecule has 0 saturated carbocycles. The molecule has 0 aliphatic carbocycles. The molecule has 6 atom stereocenters. The molecule has 0 amide bonds. The third-order valence-corrected chi connectivity index (χ3v) is 18.2. The van der Waals surface area contributed by atoms with Crippen molar-refractivity contribution in [3.05, 3.63) is 0 Å². The second-order valence-corrected chi connectivity index (χ2v) is 28.5. The Kier molecular flexibility index (Phi) is 59.9. The van der Waals surface area contributed by atoms with E-state index >= 15 is 0 Å². The van der Waals surface area contributed by atoms with Gasteiger partial charge in [0.15, 0.2) is 12.2 Å². The van der Waals surface area contributed by atoms with Crippen LogP contribution in [0.3, 0.4) is 0 Å². The van der Waals surface area contributed by atoms with Crippen molar-refractivity contribution < 1.29 is 80.2 Å². The van der Waals surface area contributed by atoms with Gasteiger partial charge in [0.2, 0.25) is 0 Å². The van der Waals surface area contributed by atoms with Gasteiger partial charge in [-0.2, -0.15) is 0 Å². The lowest BCUT2D eigenvalue weighted by Gasteiger charge is -2.21. The van der Waals surface area contributed by atoms with Gasteiger partial charge >= 0.3 is 39.5 Å². The van der Waals surface area contributed by atoms with Crippen molar-refractivity contribution >= 4 is 39.5 Å². The molecule has 0 aliphatic rings. The first-order valence-electron chi connectivity index (χ1n) is 36.0. The van der Waals surface area contributed by atoms with E-state index in [9.17, 15) is 43.2 Å². The van der Waals surface area contributed by atoms with Crippen molar-refractivity contribution in [2.24, 2.45) is 11.8 Å². The molecule has 0 aromatic heterocycles. The molecule has 0 aromatic rings. The summed E-state index contributed by atoms with van der Waals surface area (Å²) in [6.07, 6.45) is 46.0. The fourth-order valence-corrected chi connectivity index (χ4v) is 12.0. The number of phosphoric ester groups is 2. The van der Waals surface area contributed by atoms with Crippen molar-refractivity contribution in [3.8, 4) is 0 Å². The van der Waals surface area contributed by atoms with E-state index in [0.717, 1.165) is 102 Å². The van der Waals surface area contributed by atoms with Crippen molar-refractivity contribution in [3.63, 3.8) is 0 Å². The molecular weight excluding hydrogens is 1160 g/mol. The average Bonchev–Trinajstić information content (AvgIpc) is 3.63. The van der Waals surface area contributed by atoms with Crippen LogP contribution < -0.4 is 0 Å². The van der Waals surface area contributed by atoms with Crippen molar-refractivity contribution in [2.45, 2.75) is 368 Å². The normalized spacial score (nSPS) is 14.5. The van der Waals surface area contributed by atoms with Crippen molar-refractivity contribution in [1.82, 2.24) is 0 Å². The predicted octanol–water partition coefficient (Wildman–Crippen LogP) is 19.6. The summed E-state index contributed by atoms with van der Waals surface area (Å²) >= 11 is 0. The summed E-state index contributed by atoms with van der Waals surface area (Å²) in [7, 11) is -9.89. The summed E-state index contributed by atoms with van der Waals surface area (Å²) in [5.41, 5.74) is 0. The Bertz CT molecular complexity index is 1720. The molecule has 0 aliphatic heterocycles. The Balaban J connectivity index is 5.20. The zero-order valence-electron chi connectivity index (χ0n) is 57.0. The summed E-state index contributed by atoms with van der Waals surface area (Å²) in [6, 6.07) is 0. The lowest BCUT2D eigenvalue weighted by Crippen LogP contribution is -2.30. The number of ether oxygens (including phenoxy) is 4. The van der Waals surface area contributed by atoms with Crippen LogP contribution >= 0.6 is 15.6 Å². The van der Waals surface area contributed by atoms with Gasteiger partial charge in [-0.05, 0) is 37.5 Å². The van der Waals surface area contributed by atoms with E-state index in [1.165, 1.54) is 161 Å². The second kappa shape index (κ2) is 61.3. The molecule has 0 radical (unpaired) electrons. The highest BCUT2D eigenvalue weighted by atomic mass is 31.2. The second-order valence-electron chi connectivity index (χ2n) is 25.6. The monoisotopic (exact) mass is 1300 g/mol. The highest BCUT2D eigenvalue weighted by Crippen LogP contribution is 2.45. The molecule has 0 rings (SSSR count). The Morgan fingerprint density at radius 3 is 0.864 bits per heavy atom. The van der Waals surface area contributed by atoms with Gasteiger partial charge in [0, 0.05) is 25.7 Å². The first kappa shape index (κ1) is 86.1. The zero-order chi connectivity index (χ0) is 65.0. The van der Waals surface area contributed by atoms with Gasteiger partial charge in [0.1, 0.15) is 19.3 Å². The Hall–Kier alpha value is -1.94. The Labute approximate surface area is 537 Å². The summed E-state index contributed by atoms with van der Waals surface area (Å²) in [5, 5.41) is 10.6. The molecule has 0 heterocycles. The van der Waals surface area contributed by atoms with Crippen LogP contribution in [0.5, 0.6) is 0 Å². The van der Waals surface area contributed by atoms with Crippen LogP contribution in [0.2, 0.25) is 0 Å². The third kappa shape index (κ3) is 61.6. The zero-order valence-corrected chi connectivity index (χ0v) is 58.8. The molecule has 3 unspecified atom stereocenters. The van der Waals surface area contributed by atoms with Gasteiger partial charge in [-0.25, -0.2) is 9.13 Å². The van der Waals surface area contributed by atoms with Crippen LogP contribution in [0, 0.1) is 11.8 Å². The highest BCUT2D eigenvalue weighted by Gasteiger charge is 2.30. The first-order valence-corrected chi connectivity index (χ1v) is 39.0. The van der Waals surface area contributed by atoms with Crippen molar-refractivity contribution in [1.29, 1.82) is 0 Å². The maximum atomic E-state index is 13.0. The number of aliphatic hydroxyl groups is 1. The minimum Gasteiger partial charge on any atom is -0.462 e. The van der Waals surface area contributed by atoms with Crippen molar-refractivity contribution in [2.75, 3.05) is 39.6 Å². The standard InChI is InChI=1S/C69H134O17P2/c1-7-10-12-14-16-18-19-20-21-22-23-24-25-26-27-35-41-47-53-68(73)85-64(58-80-67(72)52-46-40-34-29-28-32-38-44-50-62(6)9-3)59-83-87(75,76)81-55-63(70)56-82-88(77,78)84-60-65(57-79-66(71)51-45-39-33-17-15-13-11-8-2)86-69(74)54-48-42-36-30-31-37-43-49-61(4)5/h61-65,70H,7-60H2,1-6H3,(H,75,76)(H,77,78)/t62?,63-,64-,65-/m1/s1. The minimum atomic E-state index is -4.95. The average molecular weight is 1300 g/mol. The number of carbonyl (C=O) groups excluding carboxylic acids is 4. The van der Waals surface area contributed by atoms with Gasteiger partial charge in [-0.1, -0.05) is 298 Å². The number of phosphoric acid groups is 2. The van der Waals surface area contributed by atoms with Crippen LogP contribution in [-0.2, 0) is 65.4 Å². The molecular formula is C69H134O17P2. The smallest absolute Gasteiger partial charge is 0.462 e. The van der Waals surface area contributed by atoms with E-state index < -0.39 is 97.5 Å². The number of rotatable bonds is 68. The molecule has 19 heteroatoms. The van der Waals surface area contributed by atoms with Gasteiger partial charge in [-0.3, -0.25) is 37.3 Å². The molecule has 0 saturated heterocycles. The minimum absolute atomic E-state index is 0.103. The Morgan fingerprint density at radius 2 is 0.580 bits per heavy atom. The SMILES string of the molecule is CCCCCCCCCCCCCCCCCCCCC(=O)O[C@H](COC(=O)CCCCCCCCCCC(C)CC)COP(=O)(O)OC[C@@H](O)COP(=O)(O)OC[C@@H](COC(=O)CCCCCCCCCC)OC(=O)CCCCCCCCCC(C)C. The van der Waals surface area contributed by atoms with E-state index in [0.29, 0.717) is 31.6 Å². The van der Waals surface area contributed by atoms with Crippen LogP contribution in [-0.4, -0.2) is 96.7 Å². The quantitative estimate of drug-likeness (QED) is 0.0222. The maximum Gasteiger partial charge on any atom is 0.472 e. The molecule has 0 aromatic carbocycles. The van der Waals surface area contributed by atoms with E-state index in [2.05, 4.69) is 41.5 Å². The summed E-state index contributed by atoms with van der Waals surface area (Å²) in [4.78, 5) is 72.4. The first-order chi connectivity index (χ1) is 42.4. The van der Waals surface area contributed by atoms with Crippen LogP contribution in [0.4, 0.5) is 0 Å². The number of hydrogen-bond donors (Lipinski definition) is 3. The van der Waals surface area contributed by atoms with Crippen LogP contribution in [0.1, 0.15) is 350 Å². The number of carbonyl (C=O) groups is 4. The number of hydrogen-bond acceptors (Lipinski definition) is 15. The molecule has 17 nitrogen and oxygen atoms in total. The molecule has 0 bridgehead atoms. The number of aliphatic hydroxyl groups excluding tert-OH is 1. The fourth-order valence-electron chi connectivity index (χ4n) is 10.4. The van der Waals surface area contributed by atoms with E-state index in [4.69, 9.17) is 37.0 Å². The predicted molar refractivity (Wildman–Crippen MR) is 354 cm³/mol. The highest BCUT2D eigenvalue weighted by molar-refractivity contribution is 7.47. The van der Waals surface area contributed by atoms with Crippen LogP contribution in [0.15, 0.2) is 0 Å². The maximum absolute atomic E-state index is 13.0. The van der Waals surface area contributed by atoms with Gasteiger partial charge in [-0.15, -0.1) is 0 Å². The molecule has 522 valence electrons. The molecule has 88 heavy (non-hydrogen) atoms. The number of esters is 4. The van der Waals surface area contributed by atoms with Crippen LogP contribution in [0.25, 0.3) is 0 Å². The third-order valence-electron chi connectivity index (χ3n) is 16.3. The summed E-state index contributed by atoms with van der Waals surface area (Å²) < 4.78 is 68.1. The van der Waals surface area contributed by atoms with Gasteiger partial charge in [0.25, 0.3) is 0 Å². The van der Waals surface area contributed by atoms with Gasteiger partial charge in [0.05, 0.1) is 26.4 Å². The lowest BCUT2D eigenvalue weighted by molar-refractivity contribution is -0.161. The molecule has 0 fully saturated rings. The largest absolute Gasteiger partial charge is 0.472 e.